The molecule has 0 atom stereocenters. The summed E-state index contributed by atoms with van der Waals surface area (Å²) < 4.78 is 1.28. The largest absolute Gasteiger partial charge is 0.816 e. The highest BCUT2D eigenvalue weighted by atomic mass is 16.3. The average Bonchev–Trinajstić information content (AvgIpc) is 2.83. The van der Waals surface area contributed by atoms with Crippen molar-refractivity contribution in [3.63, 3.8) is 0 Å². The van der Waals surface area contributed by atoms with Gasteiger partial charge in [-0.1, -0.05) is 35.9 Å². The molecule has 94 valence electrons. The first kappa shape index (κ1) is 11.4. The smallest absolute Gasteiger partial charge is 0.272 e. The lowest BCUT2D eigenvalue weighted by molar-refractivity contribution is -0.704. The Morgan fingerprint density at radius 1 is 1.00 bits per heavy atom. The van der Waals surface area contributed by atoms with Crippen molar-refractivity contribution >= 4 is 0 Å². The van der Waals surface area contributed by atoms with Gasteiger partial charge in [0.05, 0.1) is 10.3 Å². The van der Waals surface area contributed by atoms with E-state index < -0.39 is 6.01 Å². The van der Waals surface area contributed by atoms with E-state index in [0.29, 0.717) is 5.69 Å². The number of tetrazole rings is 1. The molecule has 1 aromatic heterocycles. The fourth-order valence-electron chi connectivity index (χ4n) is 1.79. The van der Waals surface area contributed by atoms with Gasteiger partial charge in [-0.25, -0.2) is 0 Å². The fourth-order valence-corrected chi connectivity index (χ4v) is 1.79. The highest BCUT2D eigenvalue weighted by molar-refractivity contribution is 5.29. The average molecular weight is 252 g/mol. The van der Waals surface area contributed by atoms with Crippen LogP contribution in [0, 0.1) is 6.92 Å². The monoisotopic (exact) mass is 252 g/mol. The zero-order valence-corrected chi connectivity index (χ0v) is 10.4. The number of benzene rings is 2. The van der Waals surface area contributed by atoms with Crippen molar-refractivity contribution < 1.29 is 9.79 Å². The summed E-state index contributed by atoms with van der Waals surface area (Å²) in [7, 11) is 0. The first-order valence-electron chi connectivity index (χ1n) is 5.93. The Labute approximate surface area is 110 Å². The van der Waals surface area contributed by atoms with Gasteiger partial charge in [0, 0.05) is 4.80 Å². The molecule has 0 amide bonds. The van der Waals surface area contributed by atoms with E-state index in [1.807, 2.05) is 61.5 Å². The van der Waals surface area contributed by atoms with E-state index in [0.717, 1.165) is 11.3 Å². The topological polar surface area (TPSA) is 57.7 Å². The van der Waals surface area contributed by atoms with Gasteiger partial charge in [0.1, 0.15) is 5.69 Å². The van der Waals surface area contributed by atoms with E-state index in [9.17, 15) is 5.11 Å². The molecule has 1 heterocycles. The molecular formula is C14H12N4O. The predicted octanol–water partition coefficient (Wildman–Crippen LogP) is 0.926. The Kier molecular flexibility index (Phi) is 2.72. The number of hydrogen-bond acceptors (Lipinski definition) is 3. The normalized spacial score (nSPS) is 10.6. The maximum Gasteiger partial charge on any atom is 0.272 e. The summed E-state index contributed by atoms with van der Waals surface area (Å²) in [4.78, 5) is 1.34. The molecule has 5 nitrogen and oxygen atoms in total. The predicted molar refractivity (Wildman–Crippen MR) is 67.1 cm³/mol. The third kappa shape index (κ3) is 2.18. The first-order chi connectivity index (χ1) is 9.24. The van der Waals surface area contributed by atoms with Crippen LogP contribution in [0.3, 0.4) is 0 Å². The second kappa shape index (κ2) is 4.53. The van der Waals surface area contributed by atoms with Crippen LogP contribution in [0.25, 0.3) is 11.4 Å². The molecule has 0 fully saturated rings. The van der Waals surface area contributed by atoms with E-state index in [4.69, 9.17) is 0 Å². The van der Waals surface area contributed by atoms with Crippen LogP contribution in [0.4, 0.5) is 0 Å². The number of aromatic nitrogens is 4. The van der Waals surface area contributed by atoms with E-state index >= 15 is 0 Å². The third-order valence-corrected chi connectivity index (χ3v) is 2.80. The van der Waals surface area contributed by atoms with Gasteiger partial charge in [-0.15, -0.1) is 4.68 Å². The lowest BCUT2D eigenvalue weighted by Gasteiger charge is -1.98. The molecule has 0 aliphatic rings. The Bertz CT molecular complexity index is 689. The minimum atomic E-state index is -0.396. The second-order valence-electron chi connectivity index (χ2n) is 4.24. The van der Waals surface area contributed by atoms with Crippen molar-refractivity contribution in [2.45, 2.75) is 6.92 Å². The van der Waals surface area contributed by atoms with E-state index in [1.54, 1.807) is 0 Å². The van der Waals surface area contributed by atoms with Crippen LogP contribution < -0.4 is 9.79 Å². The minimum absolute atomic E-state index is 0.396. The van der Waals surface area contributed by atoms with E-state index in [1.165, 1.54) is 9.48 Å². The number of hydrogen-bond donors (Lipinski definition) is 0. The van der Waals surface area contributed by atoms with Crippen molar-refractivity contribution in [3.05, 3.63) is 60.2 Å². The van der Waals surface area contributed by atoms with Crippen LogP contribution in [-0.4, -0.2) is 15.1 Å². The van der Waals surface area contributed by atoms with Gasteiger partial charge in [0.15, 0.2) is 5.69 Å². The Balaban J connectivity index is 2.05. The maximum absolute atomic E-state index is 11.9. The van der Waals surface area contributed by atoms with Gasteiger partial charge in [0.2, 0.25) is 0 Å². The fraction of sp³-hybridized carbons (Fsp3) is 0.0714. The zero-order valence-electron chi connectivity index (χ0n) is 10.4. The Morgan fingerprint density at radius 3 is 2.37 bits per heavy atom. The summed E-state index contributed by atoms with van der Waals surface area (Å²) in [6.07, 6.45) is 0. The highest BCUT2D eigenvalue weighted by Gasteiger charge is 2.14. The van der Waals surface area contributed by atoms with Crippen molar-refractivity contribution in [1.29, 1.82) is 0 Å². The number of nitrogens with zero attached hydrogens (tertiary/aromatic N) is 4. The van der Waals surface area contributed by atoms with Crippen molar-refractivity contribution in [3.8, 4) is 17.4 Å². The molecule has 0 N–H and O–H groups in total. The number of aryl methyl sites for hydroxylation is 1. The van der Waals surface area contributed by atoms with E-state index in [2.05, 4.69) is 10.3 Å². The molecular weight excluding hydrogens is 240 g/mol. The van der Waals surface area contributed by atoms with Crippen LogP contribution >= 0.6 is 0 Å². The molecule has 19 heavy (non-hydrogen) atoms. The van der Waals surface area contributed by atoms with Crippen LogP contribution in [-0.2, 0) is 0 Å². The molecule has 5 heteroatoms. The summed E-state index contributed by atoms with van der Waals surface area (Å²) in [5, 5.41) is 19.9. The first-order valence-corrected chi connectivity index (χ1v) is 5.93. The zero-order chi connectivity index (χ0) is 13.2. The van der Waals surface area contributed by atoms with Crippen molar-refractivity contribution in [2.24, 2.45) is 0 Å². The molecule has 0 bridgehead atoms. The molecule has 0 aliphatic carbocycles. The maximum atomic E-state index is 11.9. The summed E-state index contributed by atoms with van der Waals surface area (Å²) >= 11 is 0. The van der Waals surface area contributed by atoms with Crippen LogP contribution in [0.5, 0.6) is 6.01 Å². The Hall–Kier alpha value is -2.69. The molecule has 0 saturated heterocycles. The van der Waals surface area contributed by atoms with E-state index in [-0.39, 0.29) is 0 Å². The lowest BCUT2D eigenvalue weighted by Crippen LogP contribution is -2.36. The Morgan fingerprint density at radius 2 is 1.68 bits per heavy atom. The highest BCUT2D eigenvalue weighted by Crippen LogP contribution is 2.06. The molecule has 2 aromatic carbocycles. The van der Waals surface area contributed by atoms with Gasteiger partial charge in [-0.05, 0) is 31.2 Å². The lowest BCUT2D eigenvalue weighted by atomic mass is 10.2. The minimum Gasteiger partial charge on any atom is -0.816 e. The van der Waals surface area contributed by atoms with Gasteiger partial charge in [-0.2, -0.15) is 0 Å². The number of rotatable bonds is 2. The standard InChI is InChI=1S/C14H12N4O/c1-11-7-9-12(10-8-11)17-14(19)15-18(16-17)13-5-3-2-4-6-13/h2-10H,1H3. The van der Waals surface area contributed by atoms with Gasteiger partial charge in [-0.3, -0.25) is 0 Å². The molecule has 0 radical (unpaired) electrons. The third-order valence-electron chi connectivity index (χ3n) is 2.80. The SMILES string of the molecule is Cc1ccc(-[n+]2nn(-c3ccccc3)nc2[O-])cc1. The molecule has 0 saturated carbocycles. The van der Waals surface area contributed by atoms with Gasteiger partial charge in [0.25, 0.3) is 6.01 Å². The van der Waals surface area contributed by atoms with Crippen molar-refractivity contribution in [1.82, 2.24) is 15.1 Å². The van der Waals surface area contributed by atoms with Crippen molar-refractivity contribution in [2.75, 3.05) is 0 Å². The molecule has 0 spiro atoms. The molecule has 0 unspecified atom stereocenters. The summed E-state index contributed by atoms with van der Waals surface area (Å²) in [5.74, 6) is 0. The van der Waals surface area contributed by atoms with Gasteiger partial charge >= 0.3 is 0 Å². The summed E-state index contributed by atoms with van der Waals surface area (Å²) in [6.45, 7) is 1.99. The summed E-state index contributed by atoms with van der Waals surface area (Å²) in [5.41, 5.74) is 2.59. The van der Waals surface area contributed by atoms with Crippen LogP contribution in [0.15, 0.2) is 54.6 Å². The summed E-state index contributed by atoms with van der Waals surface area (Å²) in [6, 6.07) is 16.5. The van der Waals surface area contributed by atoms with Crippen LogP contribution in [0.2, 0.25) is 0 Å². The molecule has 3 aromatic rings. The quantitative estimate of drug-likeness (QED) is 0.637. The number of para-hydroxylation sites is 1. The second-order valence-corrected chi connectivity index (χ2v) is 4.24. The van der Waals surface area contributed by atoms with Crippen LogP contribution in [0.1, 0.15) is 5.56 Å². The molecule has 0 aliphatic heterocycles. The molecule has 3 rings (SSSR count). The van der Waals surface area contributed by atoms with Gasteiger partial charge < -0.3 is 5.11 Å².